The fourth-order valence-corrected chi connectivity index (χ4v) is 4.83. The Morgan fingerprint density at radius 1 is 1.12 bits per heavy atom. The Morgan fingerprint density at radius 3 is 2.68 bits per heavy atom. The van der Waals surface area contributed by atoms with Crippen molar-refractivity contribution in [3.63, 3.8) is 0 Å². The van der Waals surface area contributed by atoms with Gasteiger partial charge in [0.05, 0.1) is 0 Å². The van der Waals surface area contributed by atoms with Gasteiger partial charge in [0.1, 0.15) is 0 Å². The van der Waals surface area contributed by atoms with Crippen molar-refractivity contribution in [3.05, 3.63) is 30.1 Å². The van der Waals surface area contributed by atoms with Gasteiger partial charge in [-0.05, 0) is 56.1 Å². The third kappa shape index (κ3) is 4.41. The fraction of sp³-hybridized carbons (Fsp3) is 0.714. The molecule has 3 aliphatic rings. The molecule has 1 aromatic heterocycles. The molecule has 2 saturated carbocycles. The number of carbonyl (C=O) groups excluding carboxylic acids is 1. The van der Waals surface area contributed by atoms with Crippen LogP contribution in [0.4, 0.5) is 0 Å². The van der Waals surface area contributed by atoms with E-state index in [0.717, 1.165) is 30.6 Å². The Hall–Kier alpha value is -1.42. The number of aromatic nitrogens is 1. The Balaban J connectivity index is 1.31. The van der Waals surface area contributed by atoms with E-state index < -0.39 is 0 Å². The van der Waals surface area contributed by atoms with Crippen molar-refractivity contribution in [1.29, 1.82) is 0 Å². The topological polar surface area (TPSA) is 45.2 Å². The molecule has 2 heterocycles. The monoisotopic (exact) mass is 341 g/mol. The third-order valence-corrected chi connectivity index (χ3v) is 6.39. The lowest BCUT2D eigenvalue weighted by Gasteiger charge is -2.31. The van der Waals surface area contributed by atoms with Gasteiger partial charge < -0.3 is 5.32 Å². The molecule has 2 aliphatic carbocycles. The molecule has 0 radical (unpaired) electrons. The van der Waals surface area contributed by atoms with Crippen LogP contribution in [0.25, 0.3) is 0 Å². The van der Waals surface area contributed by atoms with Crippen molar-refractivity contribution >= 4 is 5.91 Å². The van der Waals surface area contributed by atoms with Crippen LogP contribution < -0.4 is 5.32 Å². The number of carbonyl (C=O) groups is 1. The summed E-state index contributed by atoms with van der Waals surface area (Å²) in [5.41, 5.74) is 1.01. The number of rotatable bonds is 6. The molecular formula is C21H31N3O. The quantitative estimate of drug-likeness (QED) is 0.864. The number of nitrogens with one attached hydrogen (secondary N) is 1. The van der Waals surface area contributed by atoms with Crippen LogP contribution in [-0.2, 0) is 11.2 Å². The lowest BCUT2D eigenvalue weighted by molar-refractivity contribution is -0.122. The van der Waals surface area contributed by atoms with Crippen LogP contribution in [0.5, 0.6) is 0 Å². The standard InChI is InChI=1S/C21H31N3O/c25-21(12-11-17-6-4-5-13-22-17)23-20-15-24(14-19(20)16-9-10-16)18-7-2-1-3-8-18/h4-6,13,16,18-20H,1-3,7-12,14-15H2,(H,23,25)/t19-,20+/m0/s1. The van der Waals surface area contributed by atoms with E-state index in [9.17, 15) is 4.79 Å². The molecule has 136 valence electrons. The van der Waals surface area contributed by atoms with Crippen molar-refractivity contribution in [3.8, 4) is 0 Å². The zero-order valence-electron chi connectivity index (χ0n) is 15.2. The number of amides is 1. The molecule has 1 aliphatic heterocycles. The zero-order chi connectivity index (χ0) is 17.1. The first kappa shape index (κ1) is 17.0. The van der Waals surface area contributed by atoms with Crippen LogP contribution in [0.2, 0.25) is 0 Å². The number of nitrogens with zero attached hydrogens (tertiary/aromatic N) is 2. The largest absolute Gasteiger partial charge is 0.352 e. The van der Waals surface area contributed by atoms with E-state index in [1.54, 1.807) is 6.20 Å². The van der Waals surface area contributed by atoms with E-state index in [-0.39, 0.29) is 5.91 Å². The van der Waals surface area contributed by atoms with E-state index >= 15 is 0 Å². The highest BCUT2D eigenvalue weighted by molar-refractivity contribution is 5.76. The number of pyridine rings is 1. The van der Waals surface area contributed by atoms with Gasteiger partial charge in [-0.2, -0.15) is 0 Å². The maximum atomic E-state index is 12.5. The molecule has 1 saturated heterocycles. The first-order valence-electron chi connectivity index (χ1n) is 10.2. The first-order chi connectivity index (χ1) is 12.3. The van der Waals surface area contributed by atoms with Gasteiger partial charge in [0.15, 0.2) is 0 Å². The number of hydrogen-bond acceptors (Lipinski definition) is 3. The highest BCUT2D eigenvalue weighted by atomic mass is 16.1. The van der Waals surface area contributed by atoms with Crippen molar-refractivity contribution < 1.29 is 4.79 Å². The van der Waals surface area contributed by atoms with Gasteiger partial charge in [-0.25, -0.2) is 0 Å². The van der Waals surface area contributed by atoms with Crippen molar-refractivity contribution in [2.75, 3.05) is 13.1 Å². The molecule has 0 unspecified atom stereocenters. The van der Waals surface area contributed by atoms with Gasteiger partial charge in [0.2, 0.25) is 5.91 Å². The van der Waals surface area contributed by atoms with Gasteiger partial charge in [-0.1, -0.05) is 25.3 Å². The molecular weight excluding hydrogens is 310 g/mol. The van der Waals surface area contributed by atoms with Crippen LogP contribution in [0.15, 0.2) is 24.4 Å². The van der Waals surface area contributed by atoms with Crippen LogP contribution in [0.3, 0.4) is 0 Å². The SMILES string of the molecule is O=C(CCc1ccccn1)N[C@@H]1CN(C2CCCCC2)C[C@H]1C1CC1. The molecule has 25 heavy (non-hydrogen) atoms. The number of likely N-dealkylation sites (tertiary alicyclic amines) is 1. The van der Waals surface area contributed by atoms with E-state index in [1.165, 1.54) is 51.5 Å². The molecule has 1 N–H and O–H groups in total. The maximum absolute atomic E-state index is 12.5. The van der Waals surface area contributed by atoms with Crippen LogP contribution in [0, 0.1) is 11.8 Å². The molecule has 2 atom stereocenters. The second-order valence-corrected chi connectivity index (χ2v) is 8.24. The first-order valence-corrected chi connectivity index (χ1v) is 10.2. The normalized spacial score (nSPS) is 28.2. The summed E-state index contributed by atoms with van der Waals surface area (Å²) in [4.78, 5) is 19.5. The van der Waals surface area contributed by atoms with Gasteiger partial charge >= 0.3 is 0 Å². The second-order valence-electron chi connectivity index (χ2n) is 8.24. The minimum Gasteiger partial charge on any atom is -0.352 e. The molecule has 0 aromatic carbocycles. The van der Waals surface area contributed by atoms with Gasteiger partial charge in [0, 0.05) is 43.5 Å². The lowest BCUT2D eigenvalue weighted by Crippen LogP contribution is -2.42. The highest BCUT2D eigenvalue weighted by Crippen LogP contribution is 2.42. The van der Waals surface area contributed by atoms with E-state index in [0.29, 0.717) is 18.4 Å². The smallest absolute Gasteiger partial charge is 0.220 e. The van der Waals surface area contributed by atoms with E-state index in [2.05, 4.69) is 15.2 Å². The third-order valence-electron chi connectivity index (χ3n) is 6.39. The summed E-state index contributed by atoms with van der Waals surface area (Å²) in [5.74, 6) is 1.74. The molecule has 3 fully saturated rings. The van der Waals surface area contributed by atoms with Gasteiger partial charge in [-0.3, -0.25) is 14.7 Å². The van der Waals surface area contributed by atoms with Gasteiger partial charge in [-0.15, -0.1) is 0 Å². The summed E-state index contributed by atoms with van der Waals surface area (Å²) >= 11 is 0. The number of hydrogen-bond donors (Lipinski definition) is 1. The highest BCUT2D eigenvalue weighted by Gasteiger charge is 2.44. The molecule has 4 nitrogen and oxygen atoms in total. The molecule has 4 rings (SSSR count). The number of aryl methyl sites for hydroxylation is 1. The Morgan fingerprint density at radius 2 is 1.96 bits per heavy atom. The minimum absolute atomic E-state index is 0.201. The van der Waals surface area contributed by atoms with Crippen LogP contribution in [0.1, 0.15) is 57.1 Å². The van der Waals surface area contributed by atoms with Crippen molar-refractivity contribution in [1.82, 2.24) is 15.2 Å². The molecule has 4 heteroatoms. The Kier molecular flexibility index (Phi) is 5.35. The minimum atomic E-state index is 0.201. The molecule has 0 spiro atoms. The van der Waals surface area contributed by atoms with Crippen LogP contribution in [-0.4, -0.2) is 41.0 Å². The average molecular weight is 341 g/mol. The zero-order valence-corrected chi connectivity index (χ0v) is 15.2. The Labute approximate surface area is 151 Å². The van der Waals surface area contributed by atoms with E-state index in [1.807, 2.05) is 18.2 Å². The summed E-state index contributed by atoms with van der Waals surface area (Å²) in [5, 5.41) is 3.38. The molecule has 1 aromatic rings. The average Bonchev–Trinajstić information content (AvgIpc) is 3.42. The summed E-state index contributed by atoms with van der Waals surface area (Å²) in [7, 11) is 0. The fourth-order valence-electron chi connectivity index (χ4n) is 4.83. The maximum Gasteiger partial charge on any atom is 0.220 e. The predicted molar refractivity (Wildman–Crippen MR) is 99.1 cm³/mol. The van der Waals surface area contributed by atoms with Crippen molar-refractivity contribution in [2.45, 2.75) is 69.9 Å². The molecule has 1 amide bonds. The predicted octanol–water partition coefficient (Wildman–Crippen LogP) is 3.17. The van der Waals surface area contributed by atoms with E-state index in [4.69, 9.17) is 0 Å². The summed E-state index contributed by atoms with van der Waals surface area (Å²) in [6.45, 7) is 2.28. The second kappa shape index (κ2) is 7.86. The lowest BCUT2D eigenvalue weighted by atomic mass is 9.94. The summed E-state index contributed by atoms with van der Waals surface area (Å²) in [6, 6.07) is 7.04. The molecule has 0 bridgehead atoms. The summed E-state index contributed by atoms with van der Waals surface area (Å²) in [6.07, 6.45) is 12.7. The van der Waals surface area contributed by atoms with Crippen molar-refractivity contribution in [2.24, 2.45) is 11.8 Å². The summed E-state index contributed by atoms with van der Waals surface area (Å²) < 4.78 is 0. The Bertz CT molecular complexity index is 566. The van der Waals surface area contributed by atoms with Crippen LogP contribution >= 0.6 is 0 Å². The van der Waals surface area contributed by atoms with Gasteiger partial charge in [0.25, 0.3) is 0 Å².